The van der Waals surface area contributed by atoms with Crippen LogP contribution >= 0.6 is 0 Å². The molecule has 178 valence electrons. The first-order valence-electron chi connectivity index (χ1n) is 11.0. The zero-order chi connectivity index (χ0) is 24.3. The molecule has 4 aromatic rings. The molecule has 0 fully saturated rings. The molecule has 0 atom stereocenters. The van der Waals surface area contributed by atoms with Gasteiger partial charge < -0.3 is 19.4 Å². The van der Waals surface area contributed by atoms with Gasteiger partial charge in [-0.05, 0) is 54.1 Å². The van der Waals surface area contributed by atoms with Gasteiger partial charge in [-0.25, -0.2) is 8.42 Å². The Morgan fingerprint density at radius 3 is 2.31 bits per heavy atom. The van der Waals surface area contributed by atoms with Crippen molar-refractivity contribution in [1.82, 2.24) is 4.57 Å². The minimum Gasteiger partial charge on any atom is -0.486 e. The molecule has 3 aromatic carbocycles. The van der Waals surface area contributed by atoms with E-state index in [1.807, 2.05) is 47.2 Å². The molecule has 0 saturated heterocycles. The molecule has 0 unspecified atom stereocenters. The van der Waals surface area contributed by atoms with Crippen molar-refractivity contribution in [2.75, 3.05) is 23.3 Å². The number of carbonyl (C=O) groups excluding carboxylic acids is 1. The Kier molecular flexibility index (Phi) is 6.15. The van der Waals surface area contributed by atoms with Crippen molar-refractivity contribution in [2.45, 2.75) is 11.4 Å². The number of benzene rings is 3. The van der Waals surface area contributed by atoms with E-state index in [4.69, 9.17) is 9.47 Å². The van der Waals surface area contributed by atoms with Gasteiger partial charge in [0, 0.05) is 30.2 Å². The van der Waals surface area contributed by atoms with E-state index < -0.39 is 10.0 Å². The summed E-state index contributed by atoms with van der Waals surface area (Å²) in [6.45, 7) is 1.38. The van der Waals surface area contributed by atoms with Gasteiger partial charge in [-0.2, -0.15) is 0 Å². The van der Waals surface area contributed by atoms with Gasteiger partial charge in [0.2, 0.25) is 0 Å². The molecule has 2 N–H and O–H groups in total. The van der Waals surface area contributed by atoms with E-state index in [1.165, 1.54) is 12.1 Å². The van der Waals surface area contributed by atoms with E-state index in [9.17, 15) is 13.2 Å². The van der Waals surface area contributed by atoms with Crippen LogP contribution in [0.15, 0.2) is 96.0 Å². The van der Waals surface area contributed by atoms with E-state index in [1.54, 1.807) is 36.4 Å². The molecule has 0 radical (unpaired) electrons. The Morgan fingerprint density at radius 2 is 1.54 bits per heavy atom. The normalized spacial score (nSPS) is 12.7. The summed E-state index contributed by atoms with van der Waals surface area (Å²) in [5.41, 5.74) is 2.53. The molecule has 1 amide bonds. The fourth-order valence-electron chi connectivity index (χ4n) is 3.76. The zero-order valence-electron chi connectivity index (χ0n) is 18.7. The van der Waals surface area contributed by atoms with Crippen LogP contribution in [0.25, 0.3) is 0 Å². The number of amides is 1. The highest BCUT2D eigenvalue weighted by atomic mass is 32.2. The lowest BCUT2D eigenvalue weighted by molar-refractivity contribution is 0.101. The maximum absolute atomic E-state index is 12.8. The van der Waals surface area contributed by atoms with Crippen molar-refractivity contribution < 1.29 is 22.7 Å². The van der Waals surface area contributed by atoms with Gasteiger partial charge in [0.1, 0.15) is 18.9 Å². The number of carbonyl (C=O) groups is 1. The number of fused-ring (bicyclic) bond motifs is 1. The highest BCUT2D eigenvalue weighted by Gasteiger charge is 2.20. The summed E-state index contributed by atoms with van der Waals surface area (Å²) in [5, 5.41) is 2.86. The average molecular weight is 490 g/mol. The Bertz CT molecular complexity index is 1450. The topological polar surface area (TPSA) is 98.7 Å². The van der Waals surface area contributed by atoms with Crippen LogP contribution in [0, 0.1) is 0 Å². The standard InChI is InChI=1S/C26H23N3O5S/c30-26(23-7-4-14-29(23)18-19-5-2-1-3-6-19)27-20-8-10-21(11-9-20)28-35(31,32)22-12-13-24-25(17-22)34-16-15-33-24/h1-14,17,28H,15-16,18H2,(H,27,30). The van der Waals surface area contributed by atoms with Gasteiger partial charge in [-0.15, -0.1) is 0 Å². The molecule has 1 aliphatic heterocycles. The van der Waals surface area contributed by atoms with E-state index in [2.05, 4.69) is 10.0 Å². The molecule has 2 heterocycles. The van der Waals surface area contributed by atoms with Gasteiger partial charge in [-0.1, -0.05) is 30.3 Å². The van der Waals surface area contributed by atoms with Crippen molar-refractivity contribution >= 4 is 27.3 Å². The fraction of sp³-hybridized carbons (Fsp3) is 0.115. The number of ether oxygens (including phenoxy) is 2. The smallest absolute Gasteiger partial charge is 0.272 e. The molecule has 35 heavy (non-hydrogen) atoms. The second kappa shape index (κ2) is 9.55. The van der Waals surface area contributed by atoms with Crippen LogP contribution in [0.3, 0.4) is 0 Å². The molecule has 0 aliphatic carbocycles. The molecule has 1 aliphatic rings. The summed E-state index contributed by atoms with van der Waals surface area (Å²) in [4.78, 5) is 12.9. The highest BCUT2D eigenvalue weighted by molar-refractivity contribution is 7.92. The van der Waals surface area contributed by atoms with Crippen LogP contribution in [-0.2, 0) is 16.6 Å². The van der Waals surface area contributed by atoms with E-state index in [0.717, 1.165) is 5.56 Å². The summed E-state index contributed by atoms with van der Waals surface area (Å²) < 4.78 is 41.0. The first-order chi connectivity index (χ1) is 17.0. The summed E-state index contributed by atoms with van der Waals surface area (Å²) >= 11 is 0. The molecular formula is C26H23N3O5S. The van der Waals surface area contributed by atoms with Crippen LogP contribution in [-0.4, -0.2) is 32.1 Å². The third-order valence-corrected chi connectivity index (χ3v) is 6.86. The average Bonchev–Trinajstić information content (AvgIpc) is 3.33. The number of hydrogen-bond acceptors (Lipinski definition) is 5. The summed E-state index contributed by atoms with van der Waals surface area (Å²) in [6.07, 6.45) is 1.86. The Hall–Kier alpha value is -4.24. The molecule has 8 nitrogen and oxygen atoms in total. The van der Waals surface area contributed by atoms with Crippen LogP contribution in [0.2, 0.25) is 0 Å². The minimum atomic E-state index is -3.83. The summed E-state index contributed by atoms with van der Waals surface area (Å²) in [7, 11) is -3.83. The molecule has 0 saturated carbocycles. The maximum atomic E-state index is 12.8. The first kappa shape index (κ1) is 22.5. The second-order valence-electron chi connectivity index (χ2n) is 7.95. The quantitative estimate of drug-likeness (QED) is 0.402. The van der Waals surface area contributed by atoms with Gasteiger partial charge in [0.15, 0.2) is 11.5 Å². The fourth-order valence-corrected chi connectivity index (χ4v) is 4.83. The third-order valence-electron chi connectivity index (χ3n) is 5.48. The summed E-state index contributed by atoms with van der Waals surface area (Å²) in [6, 6.07) is 24.4. The van der Waals surface area contributed by atoms with Crippen molar-refractivity contribution in [2.24, 2.45) is 0 Å². The second-order valence-corrected chi connectivity index (χ2v) is 9.63. The van der Waals surface area contributed by atoms with Crippen LogP contribution in [0.4, 0.5) is 11.4 Å². The van der Waals surface area contributed by atoms with Gasteiger partial charge in [-0.3, -0.25) is 9.52 Å². The van der Waals surface area contributed by atoms with E-state index >= 15 is 0 Å². The molecule has 5 rings (SSSR count). The largest absolute Gasteiger partial charge is 0.486 e. The number of anilines is 2. The van der Waals surface area contributed by atoms with Crippen LogP contribution in [0.5, 0.6) is 11.5 Å². The van der Waals surface area contributed by atoms with Gasteiger partial charge >= 0.3 is 0 Å². The monoisotopic (exact) mass is 489 g/mol. The predicted octanol–water partition coefficient (Wildman–Crippen LogP) is 4.36. The molecule has 9 heteroatoms. The third kappa shape index (κ3) is 5.15. The molecule has 0 bridgehead atoms. The lowest BCUT2D eigenvalue weighted by Crippen LogP contribution is -2.18. The molecule has 0 spiro atoms. The van der Waals surface area contributed by atoms with E-state index in [-0.39, 0.29) is 10.8 Å². The number of nitrogens with one attached hydrogen (secondary N) is 2. The van der Waals surface area contributed by atoms with Crippen molar-refractivity contribution in [3.8, 4) is 11.5 Å². The number of sulfonamides is 1. The lowest BCUT2D eigenvalue weighted by atomic mass is 10.2. The number of hydrogen-bond donors (Lipinski definition) is 2. The number of nitrogens with zero attached hydrogens (tertiary/aromatic N) is 1. The highest BCUT2D eigenvalue weighted by Crippen LogP contribution is 2.32. The predicted molar refractivity (Wildman–Crippen MR) is 133 cm³/mol. The van der Waals surface area contributed by atoms with Crippen molar-refractivity contribution in [3.63, 3.8) is 0 Å². The molecule has 1 aromatic heterocycles. The van der Waals surface area contributed by atoms with Crippen LogP contribution in [0.1, 0.15) is 16.1 Å². The Morgan fingerprint density at radius 1 is 0.829 bits per heavy atom. The zero-order valence-corrected chi connectivity index (χ0v) is 19.5. The van der Waals surface area contributed by atoms with Gasteiger partial charge in [0.25, 0.3) is 15.9 Å². The van der Waals surface area contributed by atoms with E-state index in [0.29, 0.717) is 48.3 Å². The first-order valence-corrected chi connectivity index (χ1v) is 12.5. The summed E-state index contributed by atoms with van der Waals surface area (Å²) in [5.74, 6) is 0.662. The van der Waals surface area contributed by atoms with Gasteiger partial charge in [0.05, 0.1) is 4.90 Å². The van der Waals surface area contributed by atoms with Crippen LogP contribution < -0.4 is 19.5 Å². The molecular weight excluding hydrogens is 466 g/mol. The van der Waals surface area contributed by atoms with Crippen molar-refractivity contribution in [1.29, 1.82) is 0 Å². The SMILES string of the molecule is O=C(Nc1ccc(NS(=O)(=O)c2ccc3c(c2)OCCO3)cc1)c1cccn1Cc1ccccc1. The lowest BCUT2D eigenvalue weighted by Gasteiger charge is -2.19. The Balaban J connectivity index is 1.25. The maximum Gasteiger partial charge on any atom is 0.272 e. The Labute approximate surface area is 203 Å². The minimum absolute atomic E-state index is 0.0679. The van der Waals surface area contributed by atoms with Crippen molar-refractivity contribution in [3.05, 3.63) is 102 Å². The number of rotatable bonds is 7. The number of aromatic nitrogens is 1.